The lowest BCUT2D eigenvalue weighted by Crippen LogP contribution is -2.34. The molecule has 1 N–H and O–H groups in total. The molecule has 4 nitrogen and oxygen atoms in total. The zero-order chi connectivity index (χ0) is 15.8. The minimum atomic E-state index is -0.387. The number of hydrogen-bond acceptors (Lipinski definition) is 4. The molecule has 0 spiro atoms. The minimum absolute atomic E-state index is 0.0931. The third-order valence-electron chi connectivity index (χ3n) is 3.39. The van der Waals surface area contributed by atoms with Crippen LogP contribution in [0.15, 0.2) is 54.6 Å². The Bertz CT molecular complexity index is 539. The zero-order valence-corrected chi connectivity index (χ0v) is 12.9. The highest BCUT2D eigenvalue weighted by atomic mass is 16.5. The van der Waals surface area contributed by atoms with Gasteiger partial charge in [-0.05, 0) is 36.8 Å². The maximum atomic E-state index is 9.51. The molecule has 0 heterocycles. The molecule has 0 aromatic heterocycles. The van der Waals surface area contributed by atoms with E-state index in [1.165, 1.54) is 0 Å². The summed E-state index contributed by atoms with van der Waals surface area (Å²) in [6, 6.07) is 17.2. The Balaban J connectivity index is 1.87. The highest BCUT2D eigenvalue weighted by Crippen LogP contribution is 2.16. The van der Waals surface area contributed by atoms with Crippen LogP contribution in [0.2, 0.25) is 0 Å². The van der Waals surface area contributed by atoms with Gasteiger partial charge in [0.2, 0.25) is 0 Å². The summed E-state index contributed by atoms with van der Waals surface area (Å²) in [6.07, 6.45) is -0.632. The van der Waals surface area contributed by atoms with Crippen molar-refractivity contribution in [2.75, 3.05) is 13.7 Å². The van der Waals surface area contributed by atoms with Gasteiger partial charge >= 0.3 is 0 Å². The van der Waals surface area contributed by atoms with Crippen LogP contribution in [0.4, 0.5) is 0 Å². The van der Waals surface area contributed by atoms with Crippen LogP contribution in [0.3, 0.4) is 0 Å². The molecular weight excluding hydrogens is 280 g/mol. The van der Waals surface area contributed by atoms with Crippen LogP contribution in [0.1, 0.15) is 12.5 Å². The van der Waals surface area contributed by atoms with E-state index in [1.807, 2.05) is 61.5 Å². The first-order chi connectivity index (χ1) is 10.7. The molecule has 118 valence electrons. The molecule has 2 rings (SSSR count). The van der Waals surface area contributed by atoms with Crippen molar-refractivity contribution in [3.05, 3.63) is 60.2 Å². The lowest BCUT2D eigenvalue weighted by molar-refractivity contribution is -0.0551. The quantitative estimate of drug-likeness (QED) is 0.814. The van der Waals surface area contributed by atoms with E-state index >= 15 is 0 Å². The van der Waals surface area contributed by atoms with E-state index in [0.717, 1.165) is 17.1 Å². The normalized spacial score (nSPS) is 13.4. The van der Waals surface area contributed by atoms with Gasteiger partial charge in [-0.15, -0.1) is 0 Å². The molecule has 2 atom stereocenters. The van der Waals surface area contributed by atoms with E-state index in [9.17, 15) is 5.11 Å². The Labute approximate surface area is 131 Å². The van der Waals surface area contributed by atoms with Crippen LogP contribution in [0, 0.1) is 0 Å². The molecule has 0 aliphatic heterocycles. The van der Waals surface area contributed by atoms with Crippen molar-refractivity contribution in [3.8, 4) is 11.5 Å². The fraction of sp³-hybridized carbons (Fsp3) is 0.333. The number of aliphatic hydroxyl groups is 1. The van der Waals surface area contributed by atoms with Crippen LogP contribution in [-0.4, -0.2) is 31.0 Å². The van der Waals surface area contributed by atoms with Crippen molar-refractivity contribution in [3.63, 3.8) is 0 Å². The summed E-state index contributed by atoms with van der Waals surface area (Å²) in [4.78, 5) is 0. The number of benzene rings is 2. The van der Waals surface area contributed by atoms with Gasteiger partial charge in [0.05, 0.1) is 20.3 Å². The first-order valence-electron chi connectivity index (χ1n) is 7.30. The number of hydrogen-bond donors (Lipinski definition) is 1. The first kappa shape index (κ1) is 16.3. The van der Waals surface area contributed by atoms with Crippen molar-refractivity contribution < 1.29 is 19.3 Å². The molecule has 2 aromatic carbocycles. The summed E-state index contributed by atoms with van der Waals surface area (Å²) in [5.74, 6) is 1.57. The van der Waals surface area contributed by atoms with Crippen LogP contribution in [-0.2, 0) is 11.3 Å². The number of ether oxygens (including phenoxy) is 3. The van der Waals surface area contributed by atoms with Gasteiger partial charge in [-0.2, -0.15) is 0 Å². The number of para-hydroxylation sites is 1. The summed E-state index contributed by atoms with van der Waals surface area (Å²) in [5.41, 5.74) is 1.02. The Morgan fingerprint density at radius 2 is 1.64 bits per heavy atom. The van der Waals surface area contributed by atoms with Gasteiger partial charge < -0.3 is 19.3 Å². The zero-order valence-electron chi connectivity index (χ0n) is 12.9. The van der Waals surface area contributed by atoms with Crippen molar-refractivity contribution in [2.45, 2.75) is 25.7 Å². The Hall–Kier alpha value is -2.04. The lowest BCUT2D eigenvalue weighted by atomic mass is 10.2. The summed E-state index contributed by atoms with van der Waals surface area (Å²) >= 11 is 0. The van der Waals surface area contributed by atoms with E-state index in [4.69, 9.17) is 14.2 Å². The molecule has 0 saturated carbocycles. The average molecular weight is 302 g/mol. The standard InChI is InChI=1S/C18H22O4/c1-14(22-17-6-4-3-5-7-17)18(12-19)21-13-15-8-10-16(20-2)11-9-15/h3-11,14,18-19H,12-13H2,1-2H3/t14-,18-/m0/s1. The van der Waals surface area contributed by atoms with Crippen molar-refractivity contribution >= 4 is 0 Å². The van der Waals surface area contributed by atoms with E-state index in [2.05, 4.69) is 0 Å². The Morgan fingerprint density at radius 3 is 2.23 bits per heavy atom. The van der Waals surface area contributed by atoms with Crippen molar-refractivity contribution in [2.24, 2.45) is 0 Å². The molecule has 0 unspecified atom stereocenters. The van der Waals surface area contributed by atoms with E-state index in [-0.39, 0.29) is 18.8 Å². The van der Waals surface area contributed by atoms with Gasteiger partial charge in [0.1, 0.15) is 23.7 Å². The number of methoxy groups -OCH3 is 1. The van der Waals surface area contributed by atoms with Gasteiger partial charge in [-0.1, -0.05) is 30.3 Å². The molecule has 0 saturated heterocycles. The Morgan fingerprint density at radius 1 is 0.955 bits per heavy atom. The topological polar surface area (TPSA) is 47.9 Å². The molecule has 2 aromatic rings. The summed E-state index contributed by atoms with van der Waals surface area (Å²) in [5, 5.41) is 9.51. The van der Waals surface area contributed by atoms with Crippen molar-refractivity contribution in [1.29, 1.82) is 0 Å². The molecule has 22 heavy (non-hydrogen) atoms. The largest absolute Gasteiger partial charge is 0.497 e. The second-order valence-electron chi connectivity index (χ2n) is 5.02. The van der Waals surface area contributed by atoms with Gasteiger partial charge in [0, 0.05) is 0 Å². The monoisotopic (exact) mass is 302 g/mol. The number of rotatable bonds is 8. The summed E-state index contributed by atoms with van der Waals surface area (Å²) in [6.45, 7) is 2.21. The smallest absolute Gasteiger partial charge is 0.124 e. The highest BCUT2D eigenvalue weighted by molar-refractivity contribution is 5.26. The first-order valence-corrected chi connectivity index (χ1v) is 7.30. The molecule has 0 fully saturated rings. The summed E-state index contributed by atoms with van der Waals surface area (Å²) in [7, 11) is 1.63. The van der Waals surface area contributed by atoms with Gasteiger partial charge in [0.25, 0.3) is 0 Å². The van der Waals surface area contributed by atoms with Gasteiger partial charge in [-0.25, -0.2) is 0 Å². The third-order valence-corrected chi connectivity index (χ3v) is 3.39. The van der Waals surface area contributed by atoms with Gasteiger partial charge in [-0.3, -0.25) is 0 Å². The van der Waals surface area contributed by atoms with Crippen molar-refractivity contribution in [1.82, 2.24) is 0 Å². The average Bonchev–Trinajstić information content (AvgIpc) is 2.57. The van der Waals surface area contributed by atoms with Gasteiger partial charge in [0.15, 0.2) is 0 Å². The fourth-order valence-electron chi connectivity index (χ4n) is 2.05. The van der Waals surface area contributed by atoms with Crippen LogP contribution in [0.5, 0.6) is 11.5 Å². The van der Waals surface area contributed by atoms with E-state index in [0.29, 0.717) is 6.61 Å². The highest BCUT2D eigenvalue weighted by Gasteiger charge is 2.19. The SMILES string of the molecule is COc1ccc(CO[C@@H](CO)[C@H](C)Oc2ccccc2)cc1. The maximum absolute atomic E-state index is 9.51. The molecule has 0 aliphatic rings. The fourth-order valence-corrected chi connectivity index (χ4v) is 2.05. The molecule has 0 radical (unpaired) electrons. The molecular formula is C18H22O4. The van der Waals surface area contributed by atoms with E-state index < -0.39 is 0 Å². The second-order valence-corrected chi connectivity index (χ2v) is 5.02. The van der Waals surface area contributed by atoms with Crippen LogP contribution < -0.4 is 9.47 Å². The van der Waals surface area contributed by atoms with Crippen LogP contribution >= 0.6 is 0 Å². The van der Waals surface area contributed by atoms with E-state index in [1.54, 1.807) is 7.11 Å². The van der Waals surface area contributed by atoms with Crippen LogP contribution in [0.25, 0.3) is 0 Å². The maximum Gasteiger partial charge on any atom is 0.124 e. The second kappa shape index (κ2) is 8.41. The lowest BCUT2D eigenvalue weighted by Gasteiger charge is -2.23. The predicted octanol–water partition coefficient (Wildman–Crippen LogP) is 3.04. The summed E-state index contributed by atoms with van der Waals surface area (Å²) < 4.78 is 16.7. The molecule has 0 bridgehead atoms. The predicted molar refractivity (Wildman–Crippen MR) is 85.2 cm³/mol. The number of aliphatic hydroxyl groups excluding tert-OH is 1. The molecule has 0 amide bonds. The third kappa shape index (κ3) is 4.76. The Kier molecular flexibility index (Phi) is 6.25. The minimum Gasteiger partial charge on any atom is -0.497 e. The molecule has 4 heteroatoms. The molecule has 0 aliphatic carbocycles.